The molecule has 0 atom stereocenters. The van der Waals surface area contributed by atoms with Crippen molar-refractivity contribution in [3.8, 4) is 0 Å². The molecule has 0 amide bonds. The molecule has 0 saturated heterocycles. The largest absolute Gasteiger partial charge is 0.355 e. The zero-order chi connectivity index (χ0) is 18.0. The van der Waals surface area contributed by atoms with Crippen molar-refractivity contribution < 1.29 is 0 Å². The van der Waals surface area contributed by atoms with Gasteiger partial charge in [-0.15, -0.1) is 11.3 Å². The van der Waals surface area contributed by atoms with Gasteiger partial charge < -0.3 is 15.2 Å². The molecule has 0 spiro atoms. The minimum atomic E-state index is 0.686. The minimum absolute atomic E-state index is 0.686. The predicted molar refractivity (Wildman–Crippen MR) is 109 cm³/mol. The Morgan fingerprint density at radius 1 is 1.08 bits per heavy atom. The molecule has 0 aliphatic carbocycles. The molecule has 2 N–H and O–H groups in total. The van der Waals surface area contributed by atoms with E-state index in [4.69, 9.17) is 4.98 Å². The summed E-state index contributed by atoms with van der Waals surface area (Å²) in [5.74, 6) is 0.802. The molecule has 0 bridgehead atoms. The standard InChI is InChI=1S/C20H25N5S/c1-21-20(22-11-14-25-12-5-6-13-25)23-15-18-16-26-19(24-18)10-9-17-7-3-2-4-8-17/h2-8,12-13,16H,9-11,14-15H2,1H3,(H2,21,22,23). The molecule has 0 aliphatic rings. The minimum Gasteiger partial charge on any atom is -0.355 e. The summed E-state index contributed by atoms with van der Waals surface area (Å²) in [5.41, 5.74) is 2.42. The summed E-state index contributed by atoms with van der Waals surface area (Å²) < 4.78 is 2.14. The van der Waals surface area contributed by atoms with Crippen molar-refractivity contribution in [1.82, 2.24) is 20.2 Å². The number of hydrogen-bond donors (Lipinski definition) is 2. The van der Waals surface area contributed by atoms with E-state index in [0.29, 0.717) is 6.54 Å². The Bertz CT molecular complexity index is 793. The van der Waals surface area contributed by atoms with Crippen LogP contribution in [0.2, 0.25) is 0 Å². The van der Waals surface area contributed by atoms with Crippen molar-refractivity contribution in [3.05, 3.63) is 76.5 Å². The maximum absolute atomic E-state index is 4.72. The molecule has 6 heteroatoms. The van der Waals surface area contributed by atoms with Crippen molar-refractivity contribution in [2.24, 2.45) is 4.99 Å². The number of hydrogen-bond acceptors (Lipinski definition) is 3. The maximum atomic E-state index is 4.72. The first-order valence-electron chi connectivity index (χ1n) is 8.86. The molecular weight excluding hydrogens is 342 g/mol. The second kappa shape index (κ2) is 9.77. The van der Waals surface area contributed by atoms with Crippen LogP contribution in [0.3, 0.4) is 0 Å². The van der Waals surface area contributed by atoms with Gasteiger partial charge >= 0.3 is 0 Å². The fourth-order valence-corrected chi connectivity index (χ4v) is 3.46. The van der Waals surface area contributed by atoms with Crippen LogP contribution in [0.5, 0.6) is 0 Å². The SMILES string of the molecule is CN=C(NCCn1cccc1)NCc1csc(CCc2ccccc2)n1. The van der Waals surface area contributed by atoms with Crippen LogP contribution in [0.15, 0.2) is 65.2 Å². The normalized spacial score (nSPS) is 11.5. The van der Waals surface area contributed by atoms with Crippen LogP contribution in [0, 0.1) is 0 Å². The van der Waals surface area contributed by atoms with Crippen LogP contribution in [0.25, 0.3) is 0 Å². The van der Waals surface area contributed by atoms with E-state index in [1.54, 1.807) is 18.4 Å². The second-order valence-corrected chi connectivity index (χ2v) is 6.93. The molecule has 2 heterocycles. The van der Waals surface area contributed by atoms with E-state index >= 15 is 0 Å². The lowest BCUT2D eigenvalue weighted by Crippen LogP contribution is -2.38. The lowest BCUT2D eigenvalue weighted by Gasteiger charge is -2.11. The number of nitrogens with one attached hydrogen (secondary N) is 2. The Morgan fingerprint density at radius 2 is 1.88 bits per heavy atom. The van der Waals surface area contributed by atoms with Crippen molar-refractivity contribution >= 4 is 17.3 Å². The first-order valence-corrected chi connectivity index (χ1v) is 9.74. The Balaban J connectivity index is 1.40. The van der Waals surface area contributed by atoms with E-state index < -0.39 is 0 Å². The van der Waals surface area contributed by atoms with Gasteiger partial charge in [0.05, 0.1) is 17.2 Å². The average Bonchev–Trinajstić information content (AvgIpc) is 3.35. The van der Waals surface area contributed by atoms with E-state index in [0.717, 1.165) is 37.6 Å². The molecule has 0 unspecified atom stereocenters. The Hall–Kier alpha value is -2.60. The molecular formula is C20H25N5S. The summed E-state index contributed by atoms with van der Waals surface area (Å²) in [6.45, 7) is 2.42. The lowest BCUT2D eigenvalue weighted by atomic mass is 10.1. The van der Waals surface area contributed by atoms with Gasteiger partial charge in [-0.25, -0.2) is 4.98 Å². The van der Waals surface area contributed by atoms with Gasteiger partial charge in [0.25, 0.3) is 0 Å². The van der Waals surface area contributed by atoms with Gasteiger partial charge in [0, 0.05) is 44.3 Å². The molecule has 0 radical (unpaired) electrons. The molecule has 5 nitrogen and oxygen atoms in total. The van der Waals surface area contributed by atoms with Crippen molar-refractivity contribution in [2.45, 2.75) is 25.9 Å². The third-order valence-corrected chi connectivity index (χ3v) is 5.02. The summed E-state index contributed by atoms with van der Waals surface area (Å²) in [4.78, 5) is 8.99. The van der Waals surface area contributed by atoms with E-state index in [-0.39, 0.29) is 0 Å². The van der Waals surface area contributed by atoms with E-state index in [1.165, 1.54) is 10.6 Å². The van der Waals surface area contributed by atoms with Gasteiger partial charge in [-0.05, 0) is 24.1 Å². The Kier molecular flexibility index (Phi) is 6.84. The lowest BCUT2D eigenvalue weighted by molar-refractivity contribution is 0.664. The quantitative estimate of drug-likeness (QED) is 0.475. The van der Waals surface area contributed by atoms with E-state index in [2.05, 4.69) is 68.3 Å². The van der Waals surface area contributed by atoms with Gasteiger partial charge in [0.2, 0.25) is 0 Å². The van der Waals surface area contributed by atoms with Gasteiger partial charge in [-0.3, -0.25) is 4.99 Å². The molecule has 2 aromatic heterocycles. The van der Waals surface area contributed by atoms with Crippen molar-refractivity contribution in [3.63, 3.8) is 0 Å². The number of thiazole rings is 1. The van der Waals surface area contributed by atoms with Crippen LogP contribution < -0.4 is 10.6 Å². The average molecular weight is 368 g/mol. The zero-order valence-electron chi connectivity index (χ0n) is 15.1. The molecule has 0 aliphatic heterocycles. The van der Waals surface area contributed by atoms with Crippen LogP contribution >= 0.6 is 11.3 Å². The van der Waals surface area contributed by atoms with E-state index in [1.807, 2.05) is 12.1 Å². The highest BCUT2D eigenvalue weighted by molar-refractivity contribution is 7.09. The van der Waals surface area contributed by atoms with Gasteiger partial charge in [0.15, 0.2) is 5.96 Å². The highest BCUT2D eigenvalue weighted by Crippen LogP contribution is 2.13. The number of benzene rings is 1. The topological polar surface area (TPSA) is 54.2 Å². The fraction of sp³-hybridized carbons (Fsp3) is 0.300. The van der Waals surface area contributed by atoms with Crippen LogP contribution in [-0.4, -0.2) is 29.1 Å². The highest BCUT2D eigenvalue weighted by Gasteiger charge is 2.04. The molecule has 0 saturated carbocycles. The summed E-state index contributed by atoms with van der Waals surface area (Å²) in [6.07, 6.45) is 6.14. The maximum Gasteiger partial charge on any atom is 0.191 e. The fourth-order valence-electron chi connectivity index (χ4n) is 2.66. The summed E-state index contributed by atoms with van der Waals surface area (Å²) in [7, 11) is 1.79. The Labute approximate surface area is 158 Å². The van der Waals surface area contributed by atoms with Gasteiger partial charge in [0.1, 0.15) is 0 Å². The molecule has 26 heavy (non-hydrogen) atoms. The number of aliphatic imine (C=N–C) groups is 1. The van der Waals surface area contributed by atoms with Crippen molar-refractivity contribution in [1.29, 1.82) is 0 Å². The molecule has 1 aromatic carbocycles. The number of aryl methyl sites for hydroxylation is 2. The van der Waals surface area contributed by atoms with E-state index in [9.17, 15) is 0 Å². The summed E-state index contributed by atoms with van der Waals surface area (Å²) in [5, 5.41) is 9.96. The Morgan fingerprint density at radius 3 is 2.65 bits per heavy atom. The van der Waals surface area contributed by atoms with Crippen LogP contribution in [-0.2, 0) is 25.9 Å². The molecule has 136 valence electrons. The molecule has 0 fully saturated rings. The predicted octanol–water partition coefficient (Wildman–Crippen LogP) is 3.10. The number of aromatic nitrogens is 2. The number of guanidine groups is 1. The van der Waals surface area contributed by atoms with Crippen LogP contribution in [0.4, 0.5) is 0 Å². The highest BCUT2D eigenvalue weighted by atomic mass is 32.1. The van der Waals surface area contributed by atoms with Gasteiger partial charge in [-0.1, -0.05) is 30.3 Å². The second-order valence-electron chi connectivity index (χ2n) is 5.99. The third-order valence-electron chi connectivity index (χ3n) is 4.06. The molecule has 3 rings (SSSR count). The monoisotopic (exact) mass is 367 g/mol. The summed E-state index contributed by atoms with van der Waals surface area (Å²) >= 11 is 1.73. The first-order chi connectivity index (χ1) is 12.8. The van der Waals surface area contributed by atoms with Crippen LogP contribution in [0.1, 0.15) is 16.3 Å². The summed E-state index contributed by atoms with van der Waals surface area (Å²) in [6, 6.07) is 14.6. The zero-order valence-corrected chi connectivity index (χ0v) is 15.9. The number of rotatable bonds is 8. The smallest absolute Gasteiger partial charge is 0.191 e. The third kappa shape index (κ3) is 5.74. The number of nitrogens with zero attached hydrogens (tertiary/aromatic N) is 3. The van der Waals surface area contributed by atoms with Gasteiger partial charge in [-0.2, -0.15) is 0 Å². The van der Waals surface area contributed by atoms with Crippen molar-refractivity contribution in [2.75, 3.05) is 13.6 Å². The first kappa shape index (κ1) is 18.2. The molecule has 3 aromatic rings.